The first-order chi connectivity index (χ1) is 23.7. The summed E-state index contributed by atoms with van der Waals surface area (Å²) < 4.78 is 6.60. The van der Waals surface area contributed by atoms with Crippen LogP contribution >= 0.6 is 11.6 Å². The molecule has 1 amide bonds. The molecule has 0 bridgehead atoms. The van der Waals surface area contributed by atoms with E-state index in [9.17, 15) is 14.9 Å². The second-order valence-electron chi connectivity index (χ2n) is 14.2. The molecule has 0 radical (unpaired) electrons. The molecule has 0 aliphatic carbocycles. The minimum atomic E-state index is -0.587. The summed E-state index contributed by atoms with van der Waals surface area (Å²) in [5, 5.41) is 24.4. The van der Waals surface area contributed by atoms with Crippen molar-refractivity contribution in [3.63, 3.8) is 0 Å². The van der Waals surface area contributed by atoms with E-state index in [1.54, 1.807) is 11.8 Å². The smallest absolute Gasteiger partial charge is 0.305 e. The summed E-state index contributed by atoms with van der Waals surface area (Å²) in [5.41, 5.74) is 1.60. The molecule has 2 aromatic heterocycles. The van der Waals surface area contributed by atoms with Gasteiger partial charge in [0.05, 0.1) is 30.4 Å². The summed E-state index contributed by atoms with van der Waals surface area (Å²) in [4.78, 5) is 37.2. The maximum absolute atomic E-state index is 12.7. The summed E-state index contributed by atoms with van der Waals surface area (Å²) in [5.74, 6) is 0.294. The van der Waals surface area contributed by atoms with Gasteiger partial charge in [0.25, 0.3) is 0 Å². The van der Waals surface area contributed by atoms with E-state index >= 15 is 0 Å². The Morgan fingerprint density at radius 1 is 1.00 bits per heavy atom. The van der Waals surface area contributed by atoms with Crippen molar-refractivity contribution in [2.45, 2.75) is 118 Å². The van der Waals surface area contributed by atoms with Crippen molar-refractivity contribution in [1.29, 1.82) is 5.26 Å². The van der Waals surface area contributed by atoms with Gasteiger partial charge in [-0.15, -0.1) is 10.2 Å². The van der Waals surface area contributed by atoms with Crippen molar-refractivity contribution in [2.75, 3.05) is 29.5 Å². The molecule has 0 aliphatic heterocycles. The van der Waals surface area contributed by atoms with Crippen LogP contribution in [0.5, 0.6) is 0 Å². The van der Waals surface area contributed by atoms with E-state index in [2.05, 4.69) is 38.1 Å². The standard InChI is InChI=1S/C37H52ClN9O3/c1-9-11-12-13-14-15-20-45(21-16-17-33(49)50-10-2)27-18-19-29(30(22-27)46(26-48)37(6,7)8)42-43-35-28(23-39)34(36(3,4)5)44-47(35)32-25-40-31(38)24-41-32/h18-19,22,24-26H,9-17,20-21H2,1-8H3. The third-order valence-corrected chi connectivity index (χ3v) is 8.26. The quantitative estimate of drug-likeness (QED) is 0.0552. The Kier molecular flexibility index (Phi) is 14.9. The first-order valence-electron chi connectivity index (χ1n) is 17.5. The van der Waals surface area contributed by atoms with Crippen LogP contribution in [0.15, 0.2) is 40.8 Å². The van der Waals surface area contributed by atoms with E-state index in [1.807, 2.05) is 59.7 Å². The molecule has 3 rings (SSSR count). The number of amides is 1. The number of benzene rings is 1. The number of rotatable bonds is 18. The summed E-state index contributed by atoms with van der Waals surface area (Å²) in [7, 11) is 0. The van der Waals surface area contributed by atoms with Crippen LogP contribution in [-0.2, 0) is 19.7 Å². The minimum Gasteiger partial charge on any atom is -0.466 e. The van der Waals surface area contributed by atoms with Crippen molar-refractivity contribution in [3.05, 3.63) is 47.0 Å². The number of esters is 1. The van der Waals surface area contributed by atoms with Crippen molar-refractivity contribution < 1.29 is 14.3 Å². The zero-order chi connectivity index (χ0) is 36.9. The molecule has 0 saturated carbocycles. The Bertz CT molecular complexity index is 1630. The Balaban J connectivity index is 2.11. The maximum atomic E-state index is 12.7. The van der Waals surface area contributed by atoms with E-state index in [1.165, 1.54) is 42.8 Å². The molecule has 1 aromatic carbocycles. The minimum absolute atomic E-state index is 0.182. The number of aromatic nitrogens is 4. The number of carbonyl (C=O) groups excluding carboxylic acids is 2. The van der Waals surface area contributed by atoms with Gasteiger partial charge in [0, 0.05) is 36.2 Å². The molecule has 3 aromatic rings. The zero-order valence-electron chi connectivity index (χ0n) is 30.9. The first-order valence-corrected chi connectivity index (χ1v) is 17.8. The molecular weight excluding hydrogens is 654 g/mol. The van der Waals surface area contributed by atoms with Gasteiger partial charge >= 0.3 is 5.97 Å². The monoisotopic (exact) mass is 705 g/mol. The fourth-order valence-electron chi connectivity index (χ4n) is 5.47. The Hall–Kier alpha value is -4.37. The fourth-order valence-corrected chi connectivity index (χ4v) is 5.57. The molecule has 0 atom stereocenters. The highest BCUT2D eigenvalue weighted by Gasteiger charge is 2.29. The van der Waals surface area contributed by atoms with Crippen LogP contribution in [0.4, 0.5) is 22.9 Å². The van der Waals surface area contributed by atoms with E-state index in [0.29, 0.717) is 48.9 Å². The summed E-state index contributed by atoms with van der Waals surface area (Å²) in [6.07, 6.45) is 11.5. The number of nitrogens with zero attached hydrogens (tertiary/aromatic N) is 9. The summed E-state index contributed by atoms with van der Waals surface area (Å²) in [6, 6.07) is 7.99. The van der Waals surface area contributed by atoms with Gasteiger partial charge in [-0.05, 0) is 58.7 Å². The lowest BCUT2D eigenvalue weighted by Crippen LogP contribution is -2.40. The predicted molar refractivity (Wildman–Crippen MR) is 198 cm³/mol. The molecule has 0 spiro atoms. The van der Waals surface area contributed by atoms with Gasteiger partial charge in [-0.1, -0.05) is 71.4 Å². The number of ether oxygens (including phenoxy) is 1. The van der Waals surface area contributed by atoms with Crippen LogP contribution < -0.4 is 9.80 Å². The van der Waals surface area contributed by atoms with Crippen LogP contribution in [0.2, 0.25) is 5.15 Å². The summed E-state index contributed by atoms with van der Waals surface area (Å²) in [6.45, 7) is 17.5. The van der Waals surface area contributed by atoms with Crippen LogP contribution in [0.3, 0.4) is 0 Å². The van der Waals surface area contributed by atoms with E-state index < -0.39 is 11.0 Å². The second-order valence-corrected chi connectivity index (χ2v) is 14.6. The predicted octanol–water partition coefficient (Wildman–Crippen LogP) is 9.17. The molecule has 0 saturated heterocycles. The summed E-state index contributed by atoms with van der Waals surface area (Å²) >= 11 is 6.00. The van der Waals surface area contributed by atoms with E-state index in [4.69, 9.17) is 21.4 Å². The molecule has 12 nitrogen and oxygen atoms in total. The number of anilines is 2. The fraction of sp³-hybridized carbons (Fsp3) is 0.568. The second kappa shape index (κ2) is 18.6. The molecule has 2 heterocycles. The normalized spacial score (nSPS) is 11.8. The number of nitriles is 1. The van der Waals surface area contributed by atoms with Crippen LogP contribution in [0, 0.1) is 11.3 Å². The van der Waals surface area contributed by atoms with Gasteiger partial charge in [-0.3, -0.25) is 9.59 Å². The lowest BCUT2D eigenvalue weighted by molar-refractivity contribution is -0.143. The molecule has 0 fully saturated rings. The zero-order valence-corrected chi connectivity index (χ0v) is 31.6. The van der Waals surface area contributed by atoms with Crippen molar-refractivity contribution in [3.8, 4) is 11.9 Å². The average molecular weight is 706 g/mol. The topological polar surface area (TPSA) is 142 Å². The van der Waals surface area contributed by atoms with Crippen molar-refractivity contribution in [2.24, 2.45) is 10.2 Å². The number of azo groups is 1. The highest BCUT2D eigenvalue weighted by Crippen LogP contribution is 2.39. The maximum Gasteiger partial charge on any atom is 0.305 e. The number of hydrogen-bond acceptors (Lipinski definition) is 10. The van der Waals surface area contributed by atoms with Crippen LogP contribution in [0.25, 0.3) is 5.82 Å². The molecule has 50 heavy (non-hydrogen) atoms. The van der Waals surface area contributed by atoms with Gasteiger partial charge in [-0.2, -0.15) is 15.0 Å². The molecule has 270 valence electrons. The number of carbonyl (C=O) groups is 2. The van der Waals surface area contributed by atoms with Crippen LogP contribution in [-0.4, -0.2) is 57.4 Å². The molecule has 0 unspecified atom stereocenters. The van der Waals surface area contributed by atoms with Crippen molar-refractivity contribution in [1.82, 2.24) is 19.7 Å². The van der Waals surface area contributed by atoms with E-state index in [-0.39, 0.29) is 22.5 Å². The Labute approximate surface area is 301 Å². The largest absolute Gasteiger partial charge is 0.466 e. The van der Waals surface area contributed by atoms with Gasteiger partial charge < -0.3 is 14.5 Å². The molecular formula is C37H52ClN9O3. The number of unbranched alkanes of at least 4 members (excludes halogenated alkanes) is 5. The highest BCUT2D eigenvalue weighted by molar-refractivity contribution is 6.29. The van der Waals surface area contributed by atoms with Gasteiger partial charge in [0.15, 0.2) is 11.6 Å². The lowest BCUT2D eigenvalue weighted by atomic mass is 9.90. The molecule has 13 heteroatoms. The lowest BCUT2D eigenvalue weighted by Gasteiger charge is -2.34. The average Bonchev–Trinajstić information content (AvgIpc) is 3.44. The van der Waals surface area contributed by atoms with Gasteiger partial charge in [-0.25, -0.2) is 9.97 Å². The molecule has 0 N–H and O–H groups in total. The molecule has 0 aliphatic rings. The SMILES string of the molecule is CCCCCCCCN(CCCC(=O)OCC)c1ccc(N=Nc2c(C#N)c(C(C)(C)C)nn2-c2cnc(Cl)cn2)c(N(C=O)C(C)(C)C)c1. The van der Waals surface area contributed by atoms with Crippen molar-refractivity contribution >= 4 is 46.9 Å². The highest BCUT2D eigenvalue weighted by atomic mass is 35.5. The Morgan fingerprint density at radius 3 is 2.30 bits per heavy atom. The third-order valence-electron chi connectivity index (χ3n) is 8.07. The Morgan fingerprint density at radius 2 is 1.70 bits per heavy atom. The van der Waals surface area contributed by atoms with Gasteiger partial charge in [0.1, 0.15) is 22.5 Å². The van der Waals surface area contributed by atoms with E-state index in [0.717, 1.165) is 31.5 Å². The van der Waals surface area contributed by atoms with Crippen LogP contribution in [0.1, 0.15) is 118 Å². The third kappa shape index (κ3) is 11.1. The first kappa shape index (κ1) is 40.1. The number of halogens is 1. The number of hydrogen-bond donors (Lipinski definition) is 0. The van der Waals surface area contributed by atoms with Gasteiger partial charge in [0.2, 0.25) is 6.41 Å².